The van der Waals surface area contributed by atoms with Crippen molar-refractivity contribution in [2.75, 3.05) is 32.8 Å². The van der Waals surface area contributed by atoms with E-state index in [1.165, 1.54) is 6.07 Å². The lowest BCUT2D eigenvalue weighted by Gasteiger charge is -2.27. The second-order valence-electron chi connectivity index (χ2n) is 8.37. The predicted molar refractivity (Wildman–Crippen MR) is 130 cm³/mol. The van der Waals surface area contributed by atoms with Crippen molar-refractivity contribution in [3.63, 3.8) is 0 Å². The molecule has 1 heterocycles. The van der Waals surface area contributed by atoms with Gasteiger partial charge in [0.2, 0.25) is 5.91 Å². The van der Waals surface area contributed by atoms with Gasteiger partial charge < -0.3 is 25.3 Å². The zero-order valence-electron chi connectivity index (χ0n) is 19.1. The molecule has 2 rings (SSSR count). The fraction of sp³-hybridized carbons (Fsp3) is 0.619. The Kier molecular flexibility index (Phi) is 11.8. The molecule has 1 saturated heterocycles. The summed E-state index contributed by atoms with van der Waals surface area (Å²) in [5.74, 6) is -1.51. The maximum Gasteiger partial charge on any atom is 0.480 e. The fourth-order valence-corrected chi connectivity index (χ4v) is 4.51. The second-order valence-corrected chi connectivity index (χ2v) is 10.1. The summed E-state index contributed by atoms with van der Waals surface area (Å²) >= 11 is 5.86. The van der Waals surface area contributed by atoms with Crippen LogP contribution in [0.1, 0.15) is 49.0 Å². The lowest BCUT2D eigenvalue weighted by molar-refractivity contribution is -0.138. The van der Waals surface area contributed by atoms with E-state index in [1.807, 2.05) is 13.8 Å². The number of benzene rings is 1. The summed E-state index contributed by atoms with van der Waals surface area (Å²) < 4.78 is 51.2. The van der Waals surface area contributed by atoms with Gasteiger partial charge in [0.15, 0.2) is 0 Å². The molecule has 1 aromatic carbocycles. The van der Waals surface area contributed by atoms with Gasteiger partial charge in [-0.05, 0) is 66.3 Å². The molecule has 7 nitrogen and oxygen atoms in total. The molecule has 34 heavy (non-hydrogen) atoms. The monoisotopic (exact) mass is 613 g/mol. The highest BCUT2D eigenvalue weighted by molar-refractivity contribution is 9.11. The average Bonchev–Trinajstić information content (AvgIpc) is 2.75. The summed E-state index contributed by atoms with van der Waals surface area (Å²) in [6.45, 7) is 6.21. The third-order valence-electron chi connectivity index (χ3n) is 4.96. The first-order valence-electron chi connectivity index (χ1n) is 11.1. The lowest BCUT2D eigenvalue weighted by Crippen LogP contribution is -2.52. The number of alkyl halides is 3. The molecule has 1 aliphatic rings. The quantitative estimate of drug-likeness (QED) is 0.405. The first-order valence-corrected chi connectivity index (χ1v) is 12.7. The van der Waals surface area contributed by atoms with Crippen LogP contribution in [0.3, 0.4) is 0 Å². The summed E-state index contributed by atoms with van der Waals surface area (Å²) in [5.41, 5.74) is -1.23. The zero-order valence-corrected chi connectivity index (χ0v) is 22.2. The smallest absolute Gasteiger partial charge is 0.410 e. The molecular formula is C21H29BBr2F3N3O4. The minimum atomic E-state index is -4.65. The lowest BCUT2D eigenvalue weighted by atomic mass is 9.73. The summed E-state index contributed by atoms with van der Waals surface area (Å²) in [6.07, 6.45) is -2.45. The van der Waals surface area contributed by atoms with E-state index in [1.54, 1.807) is 0 Å². The van der Waals surface area contributed by atoms with Crippen LogP contribution in [0.15, 0.2) is 21.1 Å². The van der Waals surface area contributed by atoms with Gasteiger partial charge in [0.25, 0.3) is 5.91 Å². The Morgan fingerprint density at radius 1 is 1.15 bits per heavy atom. The van der Waals surface area contributed by atoms with Crippen molar-refractivity contribution in [3.8, 4) is 0 Å². The SMILES string of the molecule is CC(C)C[C@H](NC(=O)CNC(=O)c1cc(Br)cc(C(F)(F)F)c1Br)B1OCCCNCCCO1. The zero-order chi connectivity index (χ0) is 25.3. The Labute approximate surface area is 214 Å². The molecule has 2 amide bonds. The molecule has 0 radical (unpaired) electrons. The molecular weight excluding hydrogens is 586 g/mol. The van der Waals surface area contributed by atoms with Gasteiger partial charge >= 0.3 is 13.3 Å². The van der Waals surface area contributed by atoms with Gasteiger partial charge in [0, 0.05) is 22.2 Å². The van der Waals surface area contributed by atoms with Gasteiger partial charge in [0.1, 0.15) is 0 Å². The standard InChI is InChI=1S/C21H29BBr2F3N3O4/c1-13(2)9-17(22-33-7-3-5-28-6-4-8-34-22)30-18(31)12-29-20(32)15-10-14(23)11-16(19(15)24)21(25,26)27/h10-11,13,17,28H,3-9,12H2,1-2H3,(H,29,32)(H,30,31)/t17-/m0/s1. The minimum Gasteiger partial charge on any atom is -0.410 e. The number of halogens is 5. The number of carbonyl (C=O) groups excluding carboxylic acids is 2. The van der Waals surface area contributed by atoms with Crippen molar-refractivity contribution in [1.29, 1.82) is 0 Å². The molecule has 0 spiro atoms. The molecule has 1 fully saturated rings. The molecule has 1 atom stereocenters. The van der Waals surface area contributed by atoms with E-state index >= 15 is 0 Å². The molecule has 0 aromatic heterocycles. The summed E-state index contributed by atoms with van der Waals surface area (Å²) in [5, 5.41) is 8.52. The van der Waals surface area contributed by atoms with Crippen molar-refractivity contribution in [3.05, 3.63) is 32.2 Å². The van der Waals surface area contributed by atoms with Crippen LogP contribution in [0.2, 0.25) is 0 Å². The van der Waals surface area contributed by atoms with Crippen molar-refractivity contribution in [2.45, 2.75) is 45.2 Å². The summed E-state index contributed by atoms with van der Waals surface area (Å²) in [4.78, 5) is 25.2. The van der Waals surface area contributed by atoms with E-state index in [2.05, 4.69) is 47.8 Å². The minimum absolute atomic E-state index is 0.0927. The molecule has 13 heteroatoms. The predicted octanol–water partition coefficient (Wildman–Crippen LogP) is 3.94. The van der Waals surface area contributed by atoms with Crippen molar-refractivity contribution in [1.82, 2.24) is 16.0 Å². The highest BCUT2D eigenvalue weighted by Crippen LogP contribution is 2.38. The van der Waals surface area contributed by atoms with Crippen LogP contribution in [0.25, 0.3) is 0 Å². The normalized spacial score (nSPS) is 16.8. The number of amides is 2. The van der Waals surface area contributed by atoms with Crippen LogP contribution in [0.4, 0.5) is 13.2 Å². The average molecular weight is 615 g/mol. The number of hydrogen-bond donors (Lipinski definition) is 3. The maximum atomic E-state index is 13.2. The van der Waals surface area contributed by atoms with Crippen LogP contribution in [0, 0.1) is 5.92 Å². The van der Waals surface area contributed by atoms with Crippen molar-refractivity contribution < 1.29 is 32.1 Å². The topological polar surface area (TPSA) is 88.7 Å². The van der Waals surface area contributed by atoms with Gasteiger partial charge in [-0.1, -0.05) is 29.8 Å². The van der Waals surface area contributed by atoms with Gasteiger partial charge in [-0.25, -0.2) is 0 Å². The highest BCUT2D eigenvalue weighted by atomic mass is 79.9. The van der Waals surface area contributed by atoms with Crippen molar-refractivity contribution in [2.24, 2.45) is 5.92 Å². The molecule has 3 N–H and O–H groups in total. The largest absolute Gasteiger partial charge is 0.480 e. The van der Waals surface area contributed by atoms with E-state index in [0.29, 0.717) is 19.6 Å². The first-order chi connectivity index (χ1) is 16.0. The van der Waals surface area contributed by atoms with E-state index < -0.39 is 47.6 Å². The van der Waals surface area contributed by atoms with E-state index in [9.17, 15) is 22.8 Å². The third-order valence-corrected chi connectivity index (χ3v) is 6.27. The Hall–Kier alpha value is -1.15. The van der Waals surface area contributed by atoms with Gasteiger partial charge in [0.05, 0.1) is 23.6 Å². The van der Waals surface area contributed by atoms with Gasteiger partial charge in [-0.2, -0.15) is 13.2 Å². The molecule has 0 bridgehead atoms. The van der Waals surface area contributed by atoms with Crippen LogP contribution in [-0.2, 0) is 20.3 Å². The fourth-order valence-electron chi connectivity index (χ4n) is 3.42. The Bertz CT molecular complexity index is 836. The molecule has 0 unspecified atom stereocenters. The highest BCUT2D eigenvalue weighted by Gasteiger charge is 2.36. The Morgan fingerprint density at radius 3 is 2.32 bits per heavy atom. The first kappa shape index (κ1) is 29.1. The number of hydrogen-bond acceptors (Lipinski definition) is 5. The summed E-state index contributed by atoms with van der Waals surface area (Å²) in [7, 11) is -0.631. The van der Waals surface area contributed by atoms with Gasteiger partial charge in [-0.15, -0.1) is 0 Å². The summed E-state index contributed by atoms with van der Waals surface area (Å²) in [6, 6.07) is 2.13. The van der Waals surface area contributed by atoms with Crippen LogP contribution in [0.5, 0.6) is 0 Å². The number of rotatable bonds is 7. The molecule has 0 aliphatic carbocycles. The molecule has 190 valence electrons. The Morgan fingerprint density at radius 2 is 1.76 bits per heavy atom. The van der Waals surface area contributed by atoms with Crippen LogP contribution >= 0.6 is 31.9 Å². The molecule has 1 aromatic rings. The Balaban J connectivity index is 2.04. The van der Waals surface area contributed by atoms with E-state index in [0.717, 1.165) is 32.0 Å². The number of nitrogens with one attached hydrogen (secondary N) is 3. The molecule has 1 aliphatic heterocycles. The van der Waals surface area contributed by atoms with Crippen molar-refractivity contribution >= 4 is 50.8 Å². The second kappa shape index (κ2) is 13.8. The van der Waals surface area contributed by atoms with Crippen LogP contribution in [-0.4, -0.2) is 57.7 Å². The van der Waals surface area contributed by atoms with E-state index in [4.69, 9.17) is 9.31 Å². The van der Waals surface area contributed by atoms with Crippen LogP contribution < -0.4 is 16.0 Å². The van der Waals surface area contributed by atoms with E-state index in [-0.39, 0.29) is 16.0 Å². The maximum absolute atomic E-state index is 13.2. The third kappa shape index (κ3) is 9.48. The number of carbonyl (C=O) groups is 2. The molecule has 0 saturated carbocycles. The van der Waals surface area contributed by atoms with Gasteiger partial charge in [-0.3, -0.25) is 9.59 Å².